The number of hydrogen-bond donors (Lipinski definition) is 2. The van der Waals surface area contributed by atoms with E-state index < -0.39 is 0 Å². The van der Waals surface area contributed by atoms with E-state index in [1.807, 2.05) is 26.0 Å². The number of nitrogens with one attached hydrogen (secondary N) is 2. The molecule has 0 atom stereocenters. The molecule has 0 saturated heterocycles. The number of ether oxygens (including phenoxy) is 2. The Balaban J connectivity index is 1.91. The summed E-state index contributed by atoms with van der Waals surface area (Å²) in [5, 5.41) is 6.63. The summed E-state index contributed by atoms with van der Waals surface area (Å²) in [7, 11) is 5.16. The van der Waals surface area contributed by atoms with Gasteiger partial charge >= 0.3 is 0 Å². The Morgan fingerprint density at radius 3 is 2.40 bits per heavy atom. The van der Waals surface area contributed by atoms with Crippen LogP contribution in [-0.2, 0) is 11.3 Å². The number of methoxy groups -OCH3 is 2. The molecule has 0 fully saturated rings. The van der Waals surface area contributed by atoms with Gasteiger partial charge in [-0.3, -0.25) is 4.99 Å². The molecule has 1 aromatic heterocycles. The molecule has 0 aliphatic rings. The highest BCUT2D eigenvalue weighted by atomic mass is 32.1. The van der Waals surface area contributed by atoms with Gasteiger partial charge in [0, 0.05) is 30.5 Å². The van der Waals surface area contributed by atoms with Crippen LogP contribution in [0.1, 0.15) is 18.7 Å². The summed E-state index contributed by atoms with van der Waals surface area (Å²) in [6.45, 7) is 5.49. The molecule has 1 aromatic carbocycles. The maximum Gasteiger partial charge on any atom is 0.191 e. The van der Waals surface area contributed by atoms with E-state index >= 15 is 0 Å². The fourth-order valence-corrected chi connectivity index (χ4v) is 3.10. The first-order chi connectivity index (χ1) is 12.0. The zero-order chi connectivity index (χ0) is 18.3. The van der Waals surface area contributed by atoms with Crippen LogP contribution in [0, 0.1) is 0 Å². The largest absolute Gasteiger partial charge is 0.497 e. The van der Waals surface area contributed by atoms with Crippen LogP contribution in [0.2, 0.25) is 0 Å². The van der Waals surface area contributed by atoms with Gasteiger partial charge in [0.25, 0.3) is 0 Å². The highest BCUT2D eigenvalue weighted by Gasteiger charge is 2.16. The second-order valence-electron chi connectivity index (χ2n) is 6.24. The molecule has 0 spiro atoms. The maximum absolute atomic E-state index is 5.41. The molecule has 136 valence electrons. The molecule has 0 saturated carbocycles. The van der Waals surface area contributed by atoms with E-state index in [2.05, 4.69) is 39.9 Å². The number of guanidine groups is 1. The van der Waals surface area contributed by atoms with E-state index in [4.69, 9.17) is 9.47 Å². The Morgan fingerprint density at radius 1 is 1.08 bits per heavy atom. The molecule has 1 heterocycles. The van der Waals surface area contributed by atoms with Crippen molar-refractivity contribution in [2.75, 3.05) is 27.8 Å². The van der Waals surface area contributed by atoms with Crippen molar-refractivity contribution in [2.45, 2.75) is 26.0 Å². The van der Waals surface area contributed by atoms with Gasteiger partial charge in [-0.2, -0.15) is 0 Å². The Bertz CT molecular complexity index is 693. The molecule has 2 rings (SSSR count). The number of nitrogens with zero attached hydrogens (tertiary/aromatic N) is 1. The number of benzene rings is 1. The van der Waals surface area contributed by atoms with Crippen LogP contribution in [0.3, 0.4) is 0 Å². The predicted octanol–water partition coefficient (Wildman–Crippen LogP) is 3.51. The third-order valence-electron chi connectivity index (χ3n) is 3.92. The van der Waals surface area contributed by atoms with Crippen molar-refractivity contribution in [3.63, 3.8) is 0 Å². The van der Waals surface area contributed by atoms with Crippen LogP contribution in [-0.4, -0.2) is 39.4 Å². The number of hydrogen-bond acceptors (Lipinski definition) is 4. The lowest BCUT2D eigenvalue weighted by Crippen LogP contribution is -2.44. The molecular weight excluding hydrogens is 334 g/mol. The first kappa shape index (κ1) is 19.3. The third-order valence-corrected chi connectivity index (χ3v) is 5.06. The van der Waals surface area contributed by atoms with Crippen molar-refractivity contribution < 1.29 is 9.47 Å². The van der Waals surface area contributed by atoms with Gasteiger partial charge in [-0.15, -0.1) is 11.3 Å². The monoisotopic (exact) mass is 361 g/mol. The Labute approximate surface area is 154 Å². The second kappa shape index (κ2) is 8.87. The summed E-state index contributed by atoms with van der Waals surface area (Å²) < 4.78 is 10.6. The molecule has 0 unspecified atom stereocenters. The van der Waals surface area contributed by atoms with Crippen LogP contribution >= 0.6 is 11.3 Å². The minimum absolute atomic E-state index is 0.234. The Hall–Kier alpha value is -2.05. The van der Waals surface area contributed by atoms with Crippen LogP contribution in [0.15, 0.2) is 41.4 Å². The van der Waals surface area contributed by atoms with Gasteiger partial charge in [0.2, 0.25) is 0 Å². The molecular formula is C19H27N3O2S. The van der Waals surface area contributed by atoms with Gasteiger partial charge in [0.1, 0.15) is 5.75 Å². The van der Waals surface area contributed by atoms with Gasteiger partial charge in [0.15, 0.2) is 5.96 Å². The lowest BCUT2D eigenvalue weighted by atomic mass is 10.1. The molecule has 25 heavy (non-hydrogen) atoms. The molecule has 0 bridgehead atoms. The molecule has 0 aliphatic heterocycles. The zero-order valence-corrected chi connectivity index (χ0v) is 16.4. The van der Waals surface area contributed by atoms with Crippen LogP contribution in [0.25, 0.3) is 10.4 Å². The van der Waals surface area contributed by atoms with Crippen LogP contribution in [0.4, 0.5) is 0 Å². The van der Waals surface area contributed by atoms with E-state index in [9.17, 15) is 0 Å². The SMILES string of the molecule is CN=C(NCc1ccc(-c2ccc(OC)cc2)s1)NCC(C)(C)OC. The first-order valence-corrected chi connectivity index (χ1v) is 9.02. The van der Waals surface area contributed by atoms with Crippen molar-refractivity contribution in [1.82, 2.24) is 10.6 Å². The van der Waals surface area contributed by atoms with Gasteiger partial charge in [0.05, 0.1) is 19.3 Å². The predicted molar refractivity (Wildman–Crippen MR) is 106 cm³/mol. The topological polar surface area (TPSA) is 54.9 Å². The summed E-state index contributed by atoms with van der Waals surface area (Å²) in [4.78, 5) is 6.74. The minimum Gasteiger partial charge on any atom is -0.497 e. The van der Waals surface area contributed by atoms with Crippen LogP contribution < -0.4 is 15.4 Å². The van der Waals surface area contributed by atoms with E-state index in [-0.39, 0.29) is 5.60 Å². The fourth-order valence-electron chi connectivity index (χ4n) is 2.14. The van der Waals surface area contributed by atoms with E-state index in [1.165, 1.54) is 15.3 Å². The highest BCUT2D eigenvalue weighted by molar-refractivity contribution is 7.15. The first-order valence-electron chi connectivity index (χ1n) is 8.20. The standard InChI is InChI=1S/C19H27N3O2S/c1-19(2,24-5)13-22-18(20-3)21-12-16-10-11-17(25-16)14-6-8-15(23-4)9-7-14/h6-11H,12-13H2,1-5H3,(H2,20,21,22). The van der Waals surface area contributed by atoms with Crippen molar-refractivity contribution in [3.05, 3.63) is 41.3 Å². The van der Waals surface area contributed by atoms with E-state index in [1.54, 1.807) is 32.6 Å². The highest BCUT2D eigenvalue weighted by Crippen LogP contribution is 2.29. The van der Waals surface area contributed by atoms with Crippen LogP contribution in [0.5, 0.6) is 5.75 Å². The average molecular weight is 362 g/mol. The minimum atomic E-state index is -0.234. The lowest BCUT2D eigenvalue weighted by Gasteiger charge is -2.24. The summed E-state index contributed by atoms with van der Waals surface area (Å²) in [6, 6.07) is 12.4. The summed E-state index contributed by atoms with van der Waals surface area (Å²) in [6.07, 6.45) is 0. The second-order valence-corrected chi connectivity index (χ2v) is 7.41. The fraction of sp³-hybridized carbons (Fsp3) is 0.421. The third kappa shape index (κ3) is 5.76. The van der Waals surface area contributed by atoms with Gasteiger partial charge in [-0.25, -0.2) is 0 Å². The number of rotatable bonds is 7. The summed E-state index contributed by atoms with van der Waals surface area (Å²) in [5.41, 5.74) is 0.962. The van der Waals surface area contributed by atoms with Crippen molar-refractivity contribution in [3.8, 4) is 16.2 Å². The van der Waals surface area contributed by atoms with Gasteiger partial charge in [-0.1, -0.05) is 0 Å². The molecule has 2 N–H and O–H groups in total. The van der Waals surface area contributed by atoms with Gasteiger partial charge < -0.3 is 20.1 Å². The molecule has 0 aliphatic carbocycles. The quantitative estimate of drug-likeness (QED) is 0.585. The summed E-state index contributed by atoms with van der Waals surface area (Å²) in [5.74, 6) is 1.64. The normalized spacial score (nSPS) is 12.1. The maximum atomic E-state index is 5.41. The molecule has 2 aromatic rings. The number of aliphatic imine (C=N–C) groups is 1. The Morgan fingerprint density at radius 2 is 1.80 bits per heavy atom. The zero-order valence-electron chi connectivity index (χ0n) is 15.6. The molecule has 0 amide bonds. The average Bonchev–Trinajstić information content (AvgIpc) is 3.11. The van der Waals surface area contributed by atoms with Crippen molar-refractivity contribution >= 4 is 17.3 Å². The van der Waals surface area contributed by atoms with E-state index in [0.717, 1.165) is 18.3 Å². The Kier molecular flexibility index (Phi) is 6.84. The van der Waals surface area contributed by atoms with E-state index in [0.29, 0.717) is 6.54 Å². The lowest BCUT2D eigenvalue weighted by molar-refractivity contribution is 0.0268. The smallest absolute Gasteiger partial charge is 0.191 e. The number of thiophene rings is 1. The van der Waals surface area contributed by atoms with Crippen molar-refractivity contribution in [1.29, 1.82) is 0 Å². The molecule has 6 heteroatoms. The summed E-state index contributed by atoms with van der Waals surface area (Å²) >= 11 is 1.77. The van der Waals surface area contributed by atoms with Crippen molar-refractivity contribution in [2.24, 2.45) is 4.99 Å². The molecule has 5 nitrogen and oxygen atoms in total. The molecule has 0 radical (unpaired) electrons. The van der Waals surface area contributed by atoms with Gasteiger partial charge in [-0.05, 0) is 55.8 Å².